The molecule has 0 bridgehead atoms. The molecule has 0 unspecified atom stereocenters. The summed E-state index contributed by atoms with van der Waals surface area (Å²) in [5.74, 6) is -0.464. The number of hydrazone groups is 1. The highest BCUT2D eigenvalue weighted by molar-refractivity contribution is 7.89. The van der Waals surface area contributed by atoms with E-state index in [1.807, 2.05) is 0 Å². The van der Waals surface area contributed by atoms with Gasteiger partial charge in [-0.1, -0.05) is 18.2 Å². The number of primary sulfonamides is 1. The second-order valence-corrected chi connectivity index (χ2v) is 9.35. The van der Waals surface area contributed by atoms with Crippen molar-refractivity contribution in [1.82, 2.24) is 0 Å². The predicted molar refractivity (Wildman–Crippen MR) is 122 cm³/mol. The van der Waals surface area contributed by atoms with Crippen LogP contribution >= 0.6 is 11.3 Å². The van der Waals surface area contributed by atoms with Gasteiger partial charge in [0.05, 0.1) is 21.9 Å². The van der Waals surface area contributed by atoms with E-state index in [0.29, 0.717) is 33.2 Å². The Bertz CT molecular complexity index is 1360. The summed E-state index contributed by atoms with van der Waals surface area (Å²) in [7, 11) is -3.83. The molecule has 1 aliphatic heterocycles. The fraction of sp³-hybridized carbons (Fsp3) is 0.0455. The van der Waals surface area contributed by atoms with Gasteiger partial charge < -0.3 is 4.74 Å². The smallest absolute Gasteiger partial charge is 0.353 e. The summed E-state index contributed by atoms with van der Waals surface area (Å²) in [6.07, 6.45) is 1.66. The van der Waals surface area contributed by atoms with E-state index in [2.05, 4.69) is 5.10 Å². The molecule has 0 saturated heterocycles. The first kappa shape index (κ1) is 21.6. The van der Waals surface area contributed by atoms with Crippen molar-refractivity contribution in [3.05, 3.63) is 82.1 Å². The molecule has 10 heteroatoms. The molecule has 8 nitrogen and oxygen atoms in total. The van der Waals surface area contributed by atoms with E-state index < -0.39 is 16.0 Å². The molecule has 1 amide bonds. The lowest BCUT2D eigenvalue weighted by atomic mass is 10.1. The Balaban J connectivity index is 1.56. The van der Waals surface area contributed by atoms with Crippen LogP contribution in [-0.4, -0.2) is 26.0 Å². The molecule has 162 valence electrons. The van der Waals surface area contributed by atoms with E-state index in [1.54, 1.807) is 54.8 Å². The quantitative estimate of drug-likeness (QED) is 0.350. The Morgan fingerprint density at radius 1 is 1.12 bits per heavy atom. The Hall–Kier alpha value is -3.60. The molecule has 2 N–H and O–H groups in total. The van der Waals surface area contributed by atoms with Gasteiger partial charge in [0.2, 0.25) is 10.0 Å². The lowest BCUT2D eigenvalue weighted by Gasteiger charge is -2.12. The summed E-state index contributed by atoms with van der Waals surface area (Å²) in [6, 6.07) is 15.8. The molecule has 32 heavy (non-hydrogen) atoms. The first-order valence-corrected chi connectivity index (χ1v) is 11.8. The van der Waals surface area contributed by atoms with Crippen LogP contribution in [0.1, 0.15) is 22.2 Å². The van der Waals surface area contributed by atoms with Gasteiger partial charge in [0.25, 0.3) is 5.91 Å². The molecule has 2 heterocycles. The lowest BCUT2D eigenvalue weighted by molar-refractivity contribution is -0.114. The van der Waals surface area contributed by atoms with Gasteiger partial charge >= 0.3 is 5.97 Å². The standard InChI is InChI=1S/C22H17N3O5S2/c1-14-19(21(26)25(24-14)16-7-9-18(10-8-16)32(23,28)29)13-15-4-2-5-17(12-15)30-22(27)20-6-3-11-31-20/h2-13H,1H3,(H2,23,28,29)/b19-13-. The minimum Gasteiger partial charge on any atom is -0.422 e. The predicted octanol–water partition coefficient (Wildman–Crippen LogP) is 3.42. The SMILES string of the molecule is CC1=NN(c2ccc(S(N)(=O)=O)cc2)C(=O)/C1=C\c1cccc(OC(=O)c2cccs2)c1. The van der Waals surface area contributed by atoms with Crippen molar-refractivity contribution >= 4 is 50.7 Å². The minimum atomic E-state index is -3.83. The summed E-state index contributed by atoms with van der Waals surface area (Å²) in [5.41, 5.74) is 1.92. The number of thiophene rings is 1. The third-order valence-corrected chi connectivity index (χ3v) is 6.35. The molecule has 1 aromatic heterocycles. The third-order valence-electron chi connectivity index (χ3n) is 4.57. The van der Waals surface area contributed by atoms with Gasteiger partial charge in [-0.05, 0) is 66.4 Å². The maximum absolute atomic E-state index is 12.9. The van der Waals surface area contributed by atoms with Crippen molar-refractivity contribution in [3.63, 3.8) is 0 Å². The van der Waals surface area contributed by atoms with Gasteiger partial charge in [-0.3, -0.25) is 4.79 Å². The van der Waals surface area contributed by atoms with Gasteiger partial charge in [-0.25, -0.2) is 18.4 Å². The van der Waals surface area contributed by atoms with Crippen LogP contribution in [0, 0.1) is 0 Å². The van der Waals surface area contributed by atoms with Crippen LogP contribution in [-0.2, 0) is 14.8 Å². The highest BCUT2D eigenvalue weighted by atomic mass is 32.2. The number of ether oxygens (including phenoxy) is 1. The maximum Gasteiger partial charge on any atom is 0.353 e. The number of nitrogens with two attached hydrogens (primary N) is 1. The van der Waals surface area contributed by atoms with Gasteiger partial charge in [0.1, 0.15) is 10.6 Å². The average molecular weight is 468 g/mol. The zero-order valence-electron chi connectivity index (χ0n) is 16.8. The number of esters is 1. The fourth-order valence-electron chi connectivity index (χ4n) is 3.02. The number of anilines is 1. The minimum absolute atomic E-state index is 0.0572. The van der Waals surface area contributed by atoms with Crippen molar-refractivity contribution in [2.45, 2.75) is 11.8 Å². The molecule has 0 radical (unpaired) electrons. The lowest BCUT2D eigenvalue weighted by Crippen LogP contribution is -2.21. The van der Waals surface area contributed by atoms with E-state index in [1.165, 1.54) is 40.6 Å². The number of nitrogens with zero attached hydrogens (tertiary/aromatic N) is 2. The Kier molecular flexibility index (Phi) is 5.74. The zero-order valence-corrected chi connectivity index (χ0v) is 18.4. The topological polar surface area (TPSA) is 119 Å². The van der Waals surface area contributed by atoms with Crippen LogP contribution in [0.25, 0.3) is 6.08 Å². The molecule has 3 aromatic rings. The first-order chi connectivity index (χ1) is 15.2. The van der Waals surface area contributed by atoms with Crippen molar-refractivity contribution < 1.29 is 22.7 Å². The van der Waals surface area contributed by atoms with Crippen molar-refractivity contribution in [2.24, 2.45) is 10.2 Å². The Morgan fingerprint density at radius 3 is 2.53 bits per heavy atom. The number of sulfonamides is 1. The fourth-order valence-corrected chi connectivity index (χ4v) is 4.14. The van der Waals surface area contributed by atoms with E-state index in [-0.39, 0.29) is 10.8 Å². The number of hydrogen-bond donors (Lipinski definition) is 1. The summed E-state index contributed by atoms with van der Waals surface area (Å²) < 4.78 is 28.3. The second kappa shape index (κ2) is 8.50. The van der Waals surface area contributed by atoms with Crippen LogP contribution in [0.15, 0.2) is 81.6 Å². The van der Waals surface area contributed by atoms with Crippen LogP contribution in [0.5, 0.6) is 5.75 Å². The van der Waals surface area contributed by atoms with Gasteiger partial charge in [0, 0.05) is 0 Å². The summed E-state index contributed by atoms with van der Waals surface area (Å²) in [6.45, 7) is 1.70. The van der Waals surface area contributed by atoms with Gasteiger partial charge in [-0.15, -0.1) is 11.3 Å². The number of carbonyl (C=O) groups is 2. The molecule has 1 aliphatic rings. The van der Waals surface area contributed by atoms with E-state index in [9.17, 15) is 18.0 Å². The number of rotatable bonds is 5. The van der Waals surface area contributed by atoms with Gasteiger partial charge in [0.15, 0.2) is 0 Å². The number of carbonyl (C=O) groups excluding carboxylic acids is 2. The summed E-state index contributed by atoms with van der Waals surface area (Å²) in [5, 5.41) is 12.4. The summed E-state index contributed by atoms with van der Waals surface area (Å²) >= 11 is 1.29. The molecule has 0 saturated carbocycles. The number of benzene rings is 2. The molecule has 0 spiro atoms. The third kappa shape index (κ3) is 4.52. The maximum atomic E-state index is 12.9. The molecule has 4 rings (SSSR count). The summed E-state index contributed by atoms with van der Waals surface area (Å²) in [4.78, 5) is 25.5. The Morgan fingerprint density at radius 2 is 1.88 bits per heavy atom. The molecule has 0 aliphatic carbocycles. The normalized spacial score (nSPS) is 15.2. The monoisotopic (exact) mass is 467 g/mol. The van der Waals surface area contributed by atoms with Gasteiger partial charge in [-0.2, -0.15) is 10.1 Å². The van der Waals surface area contributed by atoms with Crippen molar-refractivity contribution in [3.8, 4) is 5.75 Å². The molecule has 2 aromatic carbocycles. The molecule has 0 atom stereocenters. The van der Waals surface area contributed by atoms with E-state index >= 15 is 0 Å². The largest absolute Gasteiger partial charge is 0.422 e. The first-order valence-electron chi connectivity index (χ1n) is 9.33. The van der Waals surface area contributed by atoms with Crippen molar-refractivity contribution in [1.29, 1.82) is 0 Å². The second-order valence-electron chi connectivity index (χ2n) is 6.84. The van der Waals surface area contributed by atoms with Crippen LogP contribution in [0.3, 0.4) is 0 Å². The molecular formula is C22H17N3O5S2. The van der Waals surface area contributed by atoms with Crippen LogP contribution in [0.2, 0.25) is 0 Å². The van der Waals surface area contributed by atoms with Crippen molar-refractivity contribution in [2.75, 3.05) is 5.01 Å². The van der Waals surface area contributed by atoms with Crippen LogP contribution in [0.4, 0.5) is 5.69 Å². The molecular weight excluding hydrogens is 450 g/mol. The zero-order chi connectivity index (χ0) is 22.9. The number of hydrogen-bond acceptors (Lipinski definition) is 7. The number of amides is 1. The van der Waals surface area contributed by atoms with E-state index in [4.69, 9.17) is 9.88 Å². The Labute approximate surface area is 188 Å². The average Bonchev–Trinajstić information content (AvgIpc) is 3.38. The highest BCUT2D eigenvalue weighted by Gasteiger charge is 2.29. The van der Waals surface area contributed by atoms with E-state index in [0.717, 1.165) is 0 Å². The molecule has 0 fully saturated rings. The highest BCUT2D eigenvalue weighted by Crippen LogP contribution is 2.27. The van der Waals surface area contributed by atoms with Crippen LogP contribution < -0.4 is 14.9 Å².